The summed E-state index contributed by atoms with van der Waals surface area (Å²) in [6.07, 6.45) is 4.48. The summed E-state index contributed by atoms with van der Waals surface area (Å²) in [6, 6.07) is 2.80. The van der Waals surface area contributed by atoms with Crippen LogP contribution in [0.4, 0.5) is 5.69 Å². The zero-order valence-electron chi connectivity index (χ0n) is 12.2. The molecular weight excluding hydrogens is 274 g/mol. The molecule has 1 fully saturated rings. The molecule has 1 aromatic heterocycles. The summed E-state index contributed by atoms with van der Waals surface area (Å²) in [7, 11) is 1.46. The summed E-state index contributed by atoms with van der Waals surface area (Å²) in [5.41, 5.74) is 5.64. The average molecular weight is 295 g/mol. The van der Waals surface area contributed by atoms with Crippen molar-refractivity contribution in [2.45, 2.75) is 25.7 Å². The number of nitrogens with two attached hydrogens (primary N) is 1. The van der Waals surface area contributed by atoms with Gasteiger partial charge in [-0.3, -0.25) is 10.1 Å². The van der Waals surface area contributed by atoms with Gasteiger partial charge in [0.25, 0.3) is 5.88 Å². The average Bonchev–Trinajstić information content (AvgIpc) is 2.52. The summed E-state index contributed by atoms with van der Waals surface area (Å²) in [4.78, 5) is 14.6. The second-order valence-electron chi connectivity index (χ2n) is 5.29. The van der Waals surface area contributed by atoms with Gasteiger partial charge in [0.15, 0.2) is 0 Å². The highest BCUT2D eigenvalue weighted by Gasteiger charge is 2.26. The van der Waals surface area contributed by atoms with Crippen LogP contribution in [0.3, 0.4) is 0 Å². The van der Waals surface area contributed by atoms with Crippen molar-refractivity contribution in [3.63, 3.8) is 0 Å². The van der Waals surface area contributed by atoms with Crippen molar-refractivity contribution in [3.8, 4) is 11.8 Å². The lowest BCUT2D eigenvalue weighted by Gasteiger charge is -2.30. The van der Waals surface area contributed by atoms with Crippen molar-refractivity contribution in [2.24, 2.45) is 17.6 Å². The Morgan fingerprint density at radius 1 is 1.38 bits per heavy atom. The molecule has 0 saturated heterocycles. The zero-order valence-corrected chi connectivity index (χ0v) is 12.2. The van der Waals surface area contributed by atoms with E-state index in [-0.39, 0.29) is 11.6 Å². The maximum absolute atomic E-state index is 11.0. The van der Waals surface area contributed by atoms with Gasteiger partial charge in [0.05, 0.1) is 18.6 Å². The third-order valence-corrected chi connectivity index (χ3v) is 4.02. The Morgan fingerprint density at radius 2 is 2.10 bits per heavy atom. The maximum Gasteiger partial charge on any atom is 0.331 e. The van der Waals surface area contributed by atoms with Gasteiger partial charge in [-0.25, -0.2) is 0 Å². The molecular formula is C14H21N3O4. The molecule has 1 saturated carbocycles. The van der Waals surface area contributed by atoms with Gasteiger partial charge in [-0.1, -0.05) is 12.8 Å². The standard InChI is InChI=1S/C14H21N3O4/c1-20-13-7-6-12(17(18)19)14(16-13)21-9-11-5-3-2-4-10(11)8-15/h6-7,10-11H,2-5,8-9,15H2,1H3. The topological polar surface area (TPSA) is 101 Å². The number of aromatic nitrogens is 1. The van der Waals surface area contributed by atoms with E-state index in [9.17, 15) is 10.1 Å². The first-order valence-corrected chi connectivity index (χ1v) is 7.18. The van der Waals surface area contributed by atoms with Crippen LogP contribution < -0.4 is 15.2 Å². The van der Waals surface area contributed by atoms with Crippen LogP contribution in [0, 0.1) is 22.0 Å². The minimum Gasteiger partial charge on any atom is -0.481 e. The Labute approximate surface area is 123 Å². The molecule has 0 aromatic carbocycles. The minimum atomic E-state index is -0.497. The monoisotopic (exact) mass is 295 g/mol. The first-order valence-electron chi connectivity index (χ1n) is 7.18. The number of rotatable bonds is 6. The summed E-state index contributed by atoms with van der Waals surface area (Å²) in [6.45, 7) is 1.03. The lowest BCUT2D eigenvalue weighted by molar-refractivity contribution is -0.386. The molecule has 2 rings (SSSR count). The molecule has 0 aliphatic heterocycles. The molecule has 7 heteroatoms. The molecule has 7 nitrogen and oxygen atoms in total. The van der Waals surface area contributed by atoms with E-state index in [1.165, 1.54) is 25.7 Å². The molecule has 1 aromatic rings. The number of nitrogens with zero attached hydrogens (tertiary/aromatic N) is 2. The molecule has 0 bridgehead atoms. The van der Waals surface area contributed by atoms with Gasteiger partial charge in [0.1, 0.15) is 0 Å². The summed E-state index contributed by atoms with van der Waals surface area (Å²) >= 11 is 0. The Hall–Kier alpha value is -1.89. The molecule has 116 valence electrons. The molecule has 1 aliphatic carbocycles. The van der Waals surface area contributed by atoms with E-state index in [0.717, 1.165) is 19.3 Å². The number of hydrogen-bond donors (Lipinski definition) is 1. The van der Waals surface area contributed by atoms with E-state index >= 15 is 0 Å². The molecule has 2 N–H and O–H groups in total. The van der Waals surface area contributed by atoms with Gasteiger partial charge in [0.2, 0.25) is 5.88 Å². The van der Waals surface area contributed by atoms with Crippen molar-refractivity contribution in [2.75, 3.05) is 20.3 Å². The van der Waals surface area contributed by atoms with E-state index in [1.807, 2.05) is 0 Å². The maximum atomic E-state index is 11.0. The third kappa shape index (κ3) is 3.81. The van der Waals surface area contributed by atoms with Crippen molar-refractivity contribution in [1.82, 2.24) is 4.98 Å². The van der Waals surface area contributed by atoms with Crippen LogP contribution >= 0.6 is 0 Å². The predicted molar refractivity (Wildman–Crippen MR) is 77.4 cm³/mol. The normalized spacial score (nSPS) is 21.8. The van der Waals surface area contributed by atoms with Crippen LogP contribution in [0.15, 0.2) is 12.1 Å². The molecule has 0 spiro atoms. The third-order valence-electron chi connectivity index (χ3n) is 4.02. The van der Waals surface area contributed by atoms with E-state index < -0.39 is 4.92 Å². The summed E-state index contributed by atoms with van der Waals surface area (Å²) in [5.74, 6) is 1.06. The second kappa shape index (κ2) is 7.21. The number of methoxy groups -OCH3 is 1. The quantitative estimate of drug-likeness (QED) is 0.637. The van der Waals surface area contributed by atoms with Crippen LogP contribution in [0.5, 0.6) is 11.8 Å². The smallest absolute Gasteiger partial charge is 0.331 e. The van der Waals surface area contributed by atoms with E-state index in [4.69, 9.17) is 15.2 Å². The first kappa shape index (κ1) is 15.5. The van der Waals surface area contributed by atoms with Crippen molar-refractivity contribution >= 4 is 5.69 Å². The summed E-state index contributed by atoms with van der Waals surface area (Å²) in [5, 5.41) is 11.0. The van der Waals surface area contributed by atoms with Crippen molar-refractivity contribution in [1.29, 1.82) is 0 Å². The van der Waals surface area contributed by atoms with Crippen LogP contribution in [0.25, 0.3) is 0 Å². The molecule has 1 heterocycles. The number of pyridine rings is 1. The van der Waals surface area contributed by atoms with Gasteiger partial charge in [-0.2, -0.15) is 4.98 Å². The highest BCUT2D eigenvalue weighted by atomic mass is 16.6. The Morgan fingerprint density at radius 3 is 2.71 bits per heavy atom. The predicted octanol–water partition coefficient (Wildman–Crippen LogP) is 2.14. The lowest BCUT2D eigenvalue weighted by Crippen LogP contribution is -2.31. The molecule has 1 aliphatic rings. The lowest BCUT2D eigenvalue weighted by atomic mass is 9.80. The molecule has 0 amide bonds. The van der Waals surface area contributed by atoms with Gasteiger partial charge in [0, 0.05) is 12.1 Å². The number of nitro groups is 1. The number of hydrogen-bond acceptors (Lipinski definition) is 6. The molecule has 2 unspecified atom stereocenters. The highest BCUT2D eigenvalue weighted by molar-refractivity contribution is 5.42. The SMILES string of the molecule is COc1ccc([N+](=O)[O-])c(OCC2CCCCC2CN)n1. The van der Waals surface area contributed by atoms with Gasteiger partial charge in [-0.15, -0.1) is 0 Å². The van der Waals surface area contributed by atoms with Gasteiger partial charge < -0.3 is 15.2 Å². The first-order chi connectivity index (χ1) is 10.2. The number of ether oxygens (including phenoxy) is 2. The molecule has 21 heavy (non-hydrogen) atoms. The second-order valence-corrected chi connectivity index (χ2v) is 5.29. The fourth-order valence-electron chi connectivity index (χ4n) is 2.78. The Kier molecular flexibility index (Phi) is 5.32. The van der Waals surface area contributed by atoms with E-state index in [0.29, 0.717) is 30.9 Å². The van der Waals surface area contributed by atoms with Gasteiger partial charge >= 0.3 is 5.69 Å². The molecule has 0 radical (unpaired) electrons. The minimum absolute atomic E-state index is 0.0145. The van der Waals surface area contributed by atoms with Crippen LogP contribution in [0.2, 0.25) is 0 Å². The van der Waals surface area contributed by atoms with Crippen LogP contribution in [-0.4, -0.2) is 30.2 Å². The largest absolute Gasteiger partial charge is 0.481 e. The van der Waals surface area contributed by atoms with E-state index in [2.05, 4.69) is 4.98 Å². The van der Waals surface area contributed by atoms with Crippen molar-refractivity contribution in [3.05, 3.63) is 22.2 Å². The fraction of sp³-hybridized carbons (Fsp3) is 0.643. The zero-order chi connectivity index (χ0) is 15.2. The van der Waals surface area contributed by atoms with E-state index in [1.54, 1.807) is 0 Å². The highest BCUT2D eigenvalue weighted by Crippen LogP contribution is 2.32. The van der Waals surface area contributed by atoms with Crippen LogP contribution in [0.1, 0.15) is 25.7 Å². The van der Waals surface area contributed by atoms with Crippen LogP contribution in [-0.2, 0) is 0 Å². The Balaban J connectivity index is 2.09. The van der Waals surface area contributed by atoms with Crippen molar-refractivity contribution < 1.29 is 14.4 Å². The summed E-state index contributed by atoms with van der Waals surface area (Å²) < 4.78 is 10.6. The molecule has 2 atom stereocenters. The van der Waals surface area contributed by atoms with Gasteiger partial charge in [-0.05, 0) is 31.2 Å². The Bertz CT molecular complexity index is 495. The fourth-order valence-corrected chi connectivity index (χ4v) is 2.78.